The summed E-state index contributed by atoms with van der Waals surface area (Å²) in [4.78, 5) is 17.1. The van der Waals surface area contributed by atoms with Gasteiger partial charge in [-0.1, -0.05) is 43.2 Å². The molecule has 0 spiro atoms. The van der Waals surface area contributed by atoms with Crippen LogP contribution in [0.15, 0.2) is 84.0 Å². The van der Waals surface area contributed by atoms with E-state index in [4.69, 9.17) is 4.74 Å². The first kappa shape index (κ1) is 24.9. The highest BCUT2D eigenvalue weighted by Gasteiger charge is 2.31. The van der Waals surface area contributed by atoms with Crippen LogP contribution in [0.1, 0.15) is 24.8 Å². The summed E-state index contributed by atoms with van der Waals surface area (Å²) in [5, 5.41) is 12.3. The maximum Gasteiger partial charge on any atom is 0.311 e. The molecule has 10 heteroatoms. The van der Waals surface area contributed by atoms with Crippen LogP contribution >= 0.6 is 0 Å². The third kappa shape index (κ3) is 7.39. The van der Waals surface area contributed by atoms with Crippen molar-refractivity contribution in [2.45, 2.75) is 42.6 Å². The van der Waals surface area contributed by atoms with Gasteiger partial charge in [0.05, 0.1) is 11.1 Å². The lowest BCUT2D eigenvalue weighted by Crippen LogP contribution is -2.52. The van der Waals surface area contributed by atoms with Gasteiger partial charge in [-0.3, -0.25) is 9.78 Å². The highest BCUT2D eigenvalue weighted by molar-refractivity contribution is 7.89. The fraction of sp³-hybridized carbons (Fsp3) is 0.280. The lowest BCUT2D eigenvalue weighted by molar-refractivity contribution is -0.123. The number of nitrogens with zero attached hydrogens (tertiary/aromatic N) is 1. The number of benzene rings is 2. The topological polar surface area (TPSA) is 118 Å². The van der Waals surface area contributed by atoms with E-state index in [0.29, 0.717) is 23.8 Å². The smallest absolute Gasteiger partial charge is 0.311 e. The molecule has 1 saturated carbocycles. The van der Waals surface area contributed by atoms with Crippen LogP contribution in [0.2, 0.25) is 0 Å². The van der Waals surface area contributed by atoms with Crippen molar-refractivity contribution in [1.82, 2.24) is 15.0 Å². The molecule has 2 aromatic carbocycles. The molecule has 0 bridgehead atoms. The van der Waals surface area contributed by atoms with Crippen LogP contribution in [0.25, 0.3) is 0 Å². The predicted octanol–water partition coefficient (Wildman–Crippen LogP) is 2.62. The first-order valence-electron chi connectivity index (χ1n) is 11.4. The molecule has 4 rings (SSSR count). The molecule has 1 heterocycles. The summed E-state index contributed by atoms with van der Waals surface area (Å²) < 4.78 is 34.5. The van der Waals surface area contributed by atoms with Crippen molar-refractivity contribution in [1.29, 1.82) is 0 Å². The zero-order valence-electron chi connectivity index (χ0n) is 19.1. The van der Waals surface area contributed by atoms with Gasteiger partial charge in [0.2, 0.25) is 15.9 Å². The van der Waals surface area contributed by atoms with E-state index >= 15 is 0 Å². The maximum absolute atomic E-state index is 13.2. The van der Waals surface area contributed by atoms with Gasteiger partial charge >= 0.3 is 7.48 Å². The van der Waals surface area contributed by atoms with Gasteiger partial charge < -0.3 is 15.1 Å². The summed E-state index contributed by atoms with van der Waals surface area (Å²) in [6.07, 6.45) is 6.12. The van der Waals surface area contributed by atoms with Crippen molar-refractivity contribution in [3.63, 3.8) is 0 Å². The van der Waals surface area contributed by atoms with Gasteiger partial charge in [-0.2, -0.15) is 4.72 Å². The van der Waals surface area contributed by atoms with E-state index in [1.54, 1.807) is 36.7 Å². The molecule has 8 nitrogen and oxygen atoms in total. The summed E-state index contributed by atoms with van der Waals surface area (Å²) in [5.41, 5.74) is 0.808. The van der Waals surface area contributed by atoms with Crippen molar-refractivity contribution in [2.24, 2.45) is 5.92 Å². The Morgan fingerprint density at radius 2 is 1.80 bits per heavy atom. The number of aromatic nitrogens is 1. The molecule has 0 saturated heterocycles. The Hall–Kier alpha value is -3.21. The zero-order valence-corrected chi connectivity index (χ0v) is 19.9. The second kappa shape index (κ2) is 11.5. The quantitative estimate of drug-likeness (QED) is 0.335. The Balaban J connectivity index is 1.48. The molecule has 1 radical (unpaired) electrons. The predicted molar refractivity (Wildman–Crippen MR) is 132 cm³/mol. The van der Waals surface area contributed by atoms with E-state index < -0.39 is 27.9 Å². The van der Waals surface area contributed by atoms with Crippen LogP contribution in [0.3, 0.4) is 0 Å². The Kier molecular flexibility index (Phi) is 8.17. The molecular formula is C25H27BN3O5S. The molecule has 1 amide bonds. The van der Waals surface area contributed by atoms with Gasteiger partial charge in [-0.25, -0.2) is 8.42 Å². The Labute approximate surface area is 206 Å². The molecular weight excluding hydrogens is 465 g/mol. The molecule has 1 aliphatic carbocycles. The first-order valence-corrected chi connectivity index (χ1v) is 12.9. The van der Waals surface area contributed by atoms with E-state index in [9.17, 15) is 18.2 Å². The molecule has 1 unspecified atom stereocenters. The van der Waals surface area contributed by atoms with Crippen molar-refractivity contribution >= 4 is 23.4 Å². The third-order valence-electron chi connectivity index (χ3n) is 5.69. The number of ether oxygens (including phenoxy) is 1. The SMILES string of the molecule is O=C(N[C@H]([B]O)CC1CC1)C(Cc1ccccc1)NS(=O)(=O)c1ccc(Oc2cccnc2)cc1. The van der Waals surface area contributed by atoms with Crippen molar-refractivity contribution < 1.29 is 23.0 Å². The van der Waals surface area contributed by atoms with Crippen molar-refractivity contribution in [3.05, 3.63) is 84.7 Å². The van der Waals surface area contributed by atoms with Gasteiger partial charge in [-0.05, 0) is 60.7 Å². The Morgan fingerprint density at radius 3 is 2.43 bits per heavy atom. The monoisotopic (exact) mass is 492 g/mol. The summed E-state index contributed by atoms with van der Waals surface area (Å²) in [7, 11) is -3.06. The number of nitrogens with one attached hydrogen (secondary N) is 2. The standard InChI is InChI=1S/C25H27BN3O5S/c30-25(28-24(26-31)16-19-8-9-19)23(15-18-5-2-1-3-6-18)29-35(32,33)22-12-10-20(11-13-22)34-21-7-4-14-27-17-21/h1-7,10-14,17,19,23-24,29,31H,8-9,15-16H2,(H,28,30)/t23?,24-/m0/s1. The van der Waals surface area contributed by atoms with E-state index in [1.807, 2.05) is 30.3 Å². The average Bonchev–Trinajstić information content (AvgIpc) is 3.69. The van der Waals surface area contributed by atoms with Crippen LogP contribution in [-0.4, -0.2) is 43.8 Å². The van der Waals surface area contributed by atoms with Gasteiger partial charge in [-0.15, -0.1) is 0 Å². The van der Waals surface area contributed by atoms with Crippen LogP contribution < -0.4 is 14.8 Å². The van der Waals surface area contributed by atoms with E-state index in [-0.39, 0.29) is 11.3 Å². The second-order valence-corrected chi connectivity index (χ2v) is 10.3. The highest BCUT2D eigenvalue weighted by Crippen LogP contribution is 2.33. The van der Waals surface area contributed by atoms with E-state index in [1.165, 1.54) is 12.1 Å². The number of carbonyl (C=O) groups excluding carboxylic acids is 1. The first-order chi connectivity index (χ1) is 16.9. The van der Waals surface area contributed by atoms with Crippen molar-refractivity contribution in [3.8, 4) is 11.5 Å². The summed E-state index contributed by atoms with van der Waals surface area (Å²) >= 11 is 0. The number of sulfonamides is 1. The number of pyridine rings is 1. The fourth-order valence-corrected chi connectivity index (χ4v) is 4.87. The molecule has 3 N–H and O–H groups in total. The molecule has 1 aromatic heterocycles. The number of hydrogen-bond donors (Lipinski definition) is 3. The summed E-state index contributed by atoms with van der Waals surface area (Å²) in [5.74, 6) is 0.436. The maximum atomic E-state index is 13.2. The second-order valence-electron chi connectivity index (χ2n) is 8.57. The largest absolute Gasteiger partial charge is 0.456 e. The molecule has 181 valence electrons. The molecule has 3 aromatic rings. The highest BCUT2D eigenvalue weighted by atomic mass is 32.2. The van der Waals surface area contributed by atoms with E-state index in [2.05, 4.69) is 15.0 Å². The van der Waals surface area contributed by atoms with Crippen LogP contribution in [-0.2, 0) is 21.2 Å². The Morgan fingerprint density at radius 1 is 1.06 bits per heavy atom. The molecule has 35 heavy (non-hydrogen) atoms. The minimum absolute atomic E-state index is 0.00477. The fourth-order valence-electron chi connectivity index (χ4n) is 3.68. The molecule has 0 aliphatic heterocycles. The third-order valence-corrected chi connectivity index (χ3v) is 7.18. The Bertz CT molecular complexity index is 1210. The van der Waals surface area contributed by atoms with Gasteiger partial charge in [0.15, 0.2) is 0 Å². The normalized spacial score (nSPS) is 15.1. The van der Waals surface area contributed by atoms with Gasteiger partial charge in [0.25, 0.3) is 0 Å². The lowest BCUT2D eigenvalue weighted by Gasteiger charge is -2.22. The number of hydrogen-bond acceptors (Lipinski definition) is 6. The number of amides is 1. The average molecular weight is 492 g/mol. The number of carbonyl (C=O) groups is 1. The minimum atomic E-state index is -4.02. The summed E-state index contributed by atoms with van der Waals surface area (Å²) in [6.45, 7) is 0. The van der Waals surface area contributed by atoms with Crippen LogP contribution in [0, 0.1) is 5.92 Å². The lowest BCUT2D eigenvalue weighted by atomic mass is 9.84. The molecule has 2 atom stereocenters. The molecule has 1 aliphatic rings. The van der Waals surface area contributed by atoms with Crippen LogP contribution in [0.4, 0.5) is 0 Å². The van der Waals surface area contributed by atoms with Gasteiger partial charge in [0.1, 0.15) is 17.5 Å². The van der Waals surface area contributed by atoms with Crippen LogP contribution in [0.5, 0.6) is 11.5 Å². The van der Waals surface area contributed by atoms with E-state index in [0.717, 1.165) is 25.9 Å². The summed E-state index contributed by atoms with van der Waals surface area (Å²) in [6, 6.07) is 17.5. The zero-order chi connectivity index (χ0) is 24.7. The number of rotatable bonds is 12. The van der Waals surface area contributed by atoms with Gasteiger partial charge in [0, 0.05) is 12.1 Å². The van der Waals surface area contributed by atoms with Crippen molar-refractivity contribution in [2.75, 3.05) is 0 Å². The molecule has 1 fully saturated rings. The minimum Gasteiger partial charge on any atom is -0.456 e.